The van der Waals surface area contributed by atoms with Crippen molar-refractivity contribution < 1.29 is 0 Å². The first-order valence-electron chi connectivity index (χ1n) is 4.07. The van der Waals surface area contributed by atoms with E-state index in [0.717, 1.165) is 5.69 Å². The molecular weight excluding hydrogens is 188 g/mol. The molecule has 0 fully saturated rings. The normalized spacial score (nSPS) is 9.85. The third-order valence-corrected chi connectivity index (χ3v) is 1.86. The van der Waals surface area contributed by atoms with Gasteiger partial charge in [0.05, 0.1) is 0 Å². The van der Waals surface area contributed by atoms with Gasteiger partial charge in [-0.15, -0.1) is 12.4 Å². The molecule has 1 aromatic heterocycles. The third-order valence-electron chi connectivity index (χ3n) is 1.86. The van der Waals surface area contributed by atoms with E-state index in [4.69, 9.17) is 5.73 Å². The maximum absolute atomic E-state index is 11.2. The average molecular weight is 203 g/mol. The van der Waals surface area contributed by atoms with Crippen LogP contribution in [0.4, 0.5) is 0 Å². The van der Waals surface area contributed by atoms with Crippen LogP contribution in [-0.4, -0.2) is 4.98 Å². The summed E-state index contributed by atoms with van der Waals surface area (Å²) < 4.78 is 0. The number of H-pyrrole nitrogens is 1. The summed E-state index contributed by atoms with van der Waals surface area (Å²) in [5.41, 5.74) is 6.88. The summed E-state index contributed by atoms with van der Waals surface area (Å²) in [6.07, 6.45) is 0. The Bertz CT molecular complexity index is 320. The molecule has 1 heterocycles. The lowest BCUT2D eigenvalue weighted by molar-refractivity contribution is 0.808. The number of rotatable bonds is 2. The van der Waals surface area contributed by atoms with E-state index in [9.17, 15) is 4.79 Å². The van der Waals surface area contributed by atoms with Gasteiger partial charge in [0.25, 0.3) is 5.56 Å². The van der Waals surface area contributed by atoms with Crippen LogP contribution in [0.25, 0.3) is 0 Å². The first-order valence-corrected chi connectivity index (χ1v) is 4.07. The molecule has 0 spiro atoms. The molecule has 0 saturated heterocycles. The predicted octanol–water partition coefficient (Wildman–Crippen LogP) is 1.38. The SMILES string of the molecule is CC(C)c1ccc(CN)c(=O)[nH]1.Cl. The number of aromatic nitrogens is 1. The Morgan fingerprint density at radius 2 is 2.08 bits per heavy atom. The van der Waals surface area contributed by atoms with E-state index in [2.05, 4.69) is 4.98 Å². The van der Waals surface area contributed by atoms with Crippen LogP contribution in [-0.2, 0) is 6.54 Å². The lowest BCUT2D eigenvalue weighted by Gasteiger charge is -2.04. The van der Waals surface area contributed by atoms with Gasteiger partial charge in [0.1, 0.15) is 0 Å². The maximum atomic E-state index is 11.2. The minimum atomic E-state index is -0.0660. The first-order chi connectivity index (χ1) is 5.65. The Hall–Kier alpha value is -0.800. The van der Waals surface area contributed by atoms with Crippen LogP contribution in [0.3, 0.4) is 0 Å². The van der Waals surface area contributed by atoms with E-state index in [1.165, 1.54) is 0 Å². The fourth-order valence-electron chi connectivity index (χ4n) is 1.02. The molecule has 4 heteroatoms. The molecular formula is C9H15ClN2O. The molecule has 0 bridgehead atoms. The van der Waals surface area contributed by atoms with Gasteiger partial charge in [-0.25, -0.2) is 0 Å². The number of nitrogens with one attached hydrogen (secondary N) is 1. The van der Waals surface area contributed by atoms with Crippen LogP contribution in [0.15, 0.2) is 16.9 Å². The quantitative estimate of drug-likeness (QED) is 0.761. The van der Waals surface area contributed by atoms with Crippen molar-refractivity contribution in [2.45, 2.75) is 26.3 Å². The third kappa shape index (κ3) is 2.86. The van der Waals surface area contributed by atoms with Crippen molar-refractivity contribution in [1.82, 2.24) is 4.98 Å². The monoisotopic (exact) mass is 202 g/mol. The molecule has 13 heavy (non-hydrogen) atoms. The van der Waals surface area contributed by atoms with Crippen LogP contribution < -0.4 is 11.3 Å². The molecule has 0 amide bonds. The summed E-state index contributed by atoms with van der Waals surface area (Å²) in [6.45, 7) is 4.37. The summed E-state index contributed by atoms with van der Waals surface area (Å²) in [4.78, 5) is 14.0. The molecule has 0 atom stereocenters. The van der Waals surface area contributed by atoms with Gasteiger partial charge >= 0.3 is 0 Å². The van der Waals surface area contributed by atoms with E-state index >= 15 is 0 Å². The zero-order chi connectivity index (χ0) is 9.14. The zero-order valence-corrected chi connectivity index (χ0v) is 8.65. The van der Waals surface area contributed by atoms with Crippen molar-refractivity contribution in [3.05, 3.63) is 33.7 Å². The summed E-state index contributed by atoms with van der Waals surface area (Å²) in [7, 11) is 0. The smallest absolute Gasteiger partial charge is 0.252 e. The number of pyridine rings is 1. The van der Waals surface area contributed by atoms with Gasteiger partial charge in [0.2, 0.25) is 0 Å². The van der Waals surface area contributed by atoms with Crippen molar-refractivity contribution in [3.8, 4) is 0 Å². The lowest BCUT2D eigenvalue weighted by atomic mass is 10.1. The van der Waals surface area contributed by atoms with Crippen LogP contribution in [0.2, 0.25) is 0 Å². The second-order valence-corrected chi connectivity index (χ2v) is 3.13. The molecule has 1 rings (SSSR count). The molecule has 0 aromatic carbocycles. The summed E-state index contributed by atoms with van der Waals surface area (Å²) in [5, 5.41) is 0. The van der Waals surface area contributed by atoms with Crippen LogP contribution >= 0.6 is 12.4 Å². The average Bonchev–Trinajstić information content (AvgIpc) is 2.04. The molecule has 0 aliphatic heterocycles. The van der Waals surface area contributed by atoms with Gasteiger partial charge in [-0.05, 0) is 12.0 Å². The predicted molar refractivity (Wildman–Crippen MR) is 56.3 cm³/mol. The molecule has 0 unspecified atom stereocenters. The minimum absolute atomic E-state index is 0. The number of hydrogen-bond acceptors (Lipinski definition) is 2. The fraction of sp³-hybridized carbons (Fsp3) is 0.444. The van der Waals surface area contributed by atoms with Crippen molar-refractivity contribution in [2.24, 2.45) is 5.73 Å². The van der Waals surface area contributed by atoms with Crippen molar-refractivity contribution in [1.29, 1.82) is 0 Å². The summed E-state index contributed by atoms with van der Waals surface area (Å²) in [6, 6.07) is 3.70. The van der Waals surface area contributed by atoms with Crippen molar-refractivity contribution >= 4 is 12.4 Å². The highest BCUT2D eigenvalue weighted by Crippen LogP contribution is 2.08. The van der Waals surface area contributed by atoms with Gasteiger partial charge < -0.3 is 10.7 Å². The van der Waals surface area contributed by atoms with E-state index in [0.29, 0.717) is 18.0 Å². The van der Waals surface area contributed by atoms with E-state index in [1.54, 1.807) is 6.07 Å². The second kappa shape index (κ2) is 5.04. The topological polar surface area (TPSA) is 58.9 Å². The second-order valence-electron chi connectivity index (χ2n) is 3.13. The van der Waals surface area contributed by atoms with Crippen molar-refractivity contribution in [3.63, 3.8) is 0 Å². The highest BCUT2D eigenvalue weighted by atomic mass is 35.5. The molecule has 1 aromatic rings. The Balaban J connectivity index is 0.00000144. The lowest BCUT2D eigenvalue weighted by Crippen LogP contribution is -2.17. The number of hydrogen-bond donors (Lipinski definition) is 2. The van der Waals surface area contributed by atoms with Crippen LogP contribution in [0.1, 0.15) is 31.0 Å². The minimum Gasteiger partial charge on any atom is -0.326 e. The maximum Gasteiger partial charge on any atom is 0.252 e. The summed E-state index contributed by atoms with van der Waals surface area (Å²) >= 11 is 0. The first kappa shape index (κ1) is 12.2. The Labute approximate surface area is 83.8 Å². The van der Waals surface area contributed by atoms with Gasteiger partial charge in [-0.1, -0.05) is 19.9 Å². The number of aromatic amines is 1. The molecule has 0 radical (unpaired) electrons. The largest absolute Gasteiger partial charge is 0.326 e. The highest BCUT2D eigenvalue weighted by Gasteiger charge is 2.01. The molecule has 0 saturated carbocycles. The Kier molecular flexibility index (Phi) is 4.73. The van der Waals surface area contributed by atoms with E-state index < -0.39 is 0 Å². The van der Waals surface area contributed by atoms with Crippen LogP contribution in [0.5, 0.6) is 0 Å². The van der Waals surface area contributed by atoms with Crippen molar-refractivity contribution in [2.75, 3.05) is 0 Å². The molecule has 3 N–H and O–H groups in total. The number of halogens is 1. The molecule has 0 aliphatic carbocycles. The van der Waals surface area contributed by atoms with Gasteiger partial charge in [0.15, 0.2) is 0 Å². The van der Waals surface area contributed by atoms with Gasteiger partial charge in [0, 0.05) is 17.8 Å². The molecule has 0 aliphatic rings. The molecule has 3 nitrogen and oxygen atoms in total. The summed E-state index contributed by atoms with van der Waals surface area (Å²) in [5.74, 6) is 0.351. The van der Waals surface area contributed by atoms with Gasteiger partial charge in [-0.3, -0.25) is 4.79 Å². The highest BCUT2D eigenvalue weighted by molar-refractivity contribution is 5.85. The number of nitrogens with two attached hydrogens (primary N) is 1. The zero-order valence-electron chi connectivity index (χ0n) is 7.83. The van der Waals surface area contributed by atoms with Gasteiger partial charge in [-0.2, -0.15) is 0 Å². The van der Waals surface area contributed by atoms with Crippen LogP contribution in [0, 0.1) is 0 Å². The Morgan fingerprint density at radius 1 is 1.46 bits per heavy atom. The fourth-order valence-corrected chi connectivity index (χ4v) is 1.02. The molecule has 74 valence electrons. The Morgan fingerprint density at radius 3 is 2.46 bits per heavy atom. The van der Waals surface area contributed by atoms with E-state index in [1.807, 2.05) is 19.9 Å². The van der Waals surface area contributed by atoms with E-state index in [-0.39, 0.29) is 18.0 Å². The standard InChI is InChI=1S/C9H14N2O.ClH/c1-6(2)8-4-3-7(5-10)9(12)11-8;/h3-4,6H,5,10H2,1-2H3,(H,11,12);1H.